The molecule has 0 unspecified atom stereocenters. The van der Waals surface area contributed by atoms with Crippen LogP contribution in [0.25, 0.3) is 0 Å². The Labute approximate surface area is 206 Å². The van der Waals surface area contributed by atoms with Crippen LogP contribution in [-0.2, 0) is 0 Å². The third kappa shape index (κ3) is 4.81. The van der Waals surface area contributed by atoms with Crippen LogP contribution in [0.15, 0.2) is 24.0 Å². The number of allylic oxidation sites excluding steroid dienone is 1. The van der Waals surface area contributed by atoms with Crippen molar-refractivity contribution in [3.05, 3.63) is 29.0 Å². The van der Waals surface area contributed by atoms with Crippen molar-refractivity contribution in [2.75, 3.05) is 11.5 Å². The van der Waals surface area contributed by atoms with Gasteiger partial charge in [-0.2, -0.15) is 83.4 Å². The molecule has 0 amide bonds. The zero-order chi connectivity index (χ0) is 31.6. The minimum Gasteiger partial charge on any atom is -0.428 e. The van der Waals surface area contributed by atoms with Gasteiger partial charge < -0.3 is 16.2 Å². The van der Waals surface area contributed by atoms with E-state index < -0.39 is 81.6 Å². The molecular weight excluding hydrogens is 633 g/mol. The largest absolute Gasteiger partial charge is 0.460 e. The van der Waals surface area contributed by atoms with Gasteiger partial charge in [-0.3, -0.25) is 0 Å². The summed E-state index contributed by atoms with van der Waals surface area (Å²) in [6.45, 7) is 0. The van der Waals surface area contributed by atoms with Gasteiger partial charge in [0.2, 0.25) is 5.83 Å². The summed E-state index contributed by atoms with van der Waals surface area (Å²) in [6, 6.07) is -2.74. The Morgan fingerprint density at radius 1 is 0.590 bits per heavy atom. The number of hydrogen-bond donors (Lipinski definition) is 2. The van der Waals surface area contributed by atoms with Gasteiger partial charge in [-0.05, 0) is 6.07 Å². The summed E-state index contributed by atoms with van der Waals surface area (Å²) >= 11 is 5.34. The first-order chi connectivity index (χ1) is 16.9. The molecule has 226 valence electrons. The topological polar surface area (TPSA) is 61.3 Å². The number of rotatable bonds is 9. The van der Waals surface area contributed by atoms with Crippen molar-refractivity contribution < 1.29 is 88.2 Å². The Morgan fingerprint density at radius 3 is 1.33 bits per heavy atom. The van der Waals surface area contributed by atoms with Crippen LogP contribution in [0.2, 0.25) is 5.02 Å². The van der Waals surface area contributed by atoms with Crippen LogP contribution in [-0.4, -0.2) is 47.6 Å². The van der Waals surface area contributed by atoms with Crippen molar-refractivity contribution >= 4 is 23.0 Å². The molecule has 1 aromatic rings. The molecule has 0 bridgehead atoms. The van der Waals surface area contributed by atoms with Crippen molar-refractivity contribution in [2.45, 2.75) is 47.6 Å². The second kappa shape index (κ2) is 9.46. The second-order valence-corrected chi connectivity index (χ2v) is 7.51. The summed E-state index contributed by atoms with van der Waals surface area (Å²) in [5.74, 6) is -66.2. The number of ether oxygens (including phenoxy) is 1. The number of nitrogen functional groups attached to an aromatic ring is 2. The molecule has 1 rings (SSSR count). The van der Waals surface area contributed by atoms with Gasteiger partial charge in [-0.25, -0.2) is 0 Å². The Morgan fingerprint density at radius 2 is 0.949 bits per heavy atom. The van der Waals surface area contributed by atoms with Gasteiger partial charge in [-0.15, -0.1) is 0 Å². The standard InChI is InChI=1S/C16H6ClF19N2O/c17-6-4(38)1-3(37)2-5(6)39-8(19)7(18)9(20,21)10(22,23)11(24,25)12(26,27)13(28,29)14(30,31)15(32,33)16(34,35)36/h1-2H,37-38H2. The molecule has 23 heteroatoms. The quantitative estimate of drug-likeness (QED) is 0.164. The monoisotopic (exact) mass is 638 g/mol. The third-order valence-electron chi connectivity index (χ3n) is 4.46. The highest BCUT2D eigenvalue weighted by atomic mass is 35.5. The predicted molar refractivity (Wildman–Crippen MR) is 90.8 cm³/mol. The lowest BCUT2D eigenvalue weighted by atomic mass is 9.88. The van der Waals surface area contributed by atoms with E-state index in [1.165, 1.54) is 0 Å². The third-order valence-corrected chi connectivity index (χ3v) is 4.86. The Hall–Kier alpha value is -2.68. The molecule has 1 aromatic carbocycles. The fraction of sp³-hybridized carbons (Fsp3) is 0.500. The molecule has 4 N–H and O–H groups in total. The molecular formula is C16H6ClF19N2O. The van der Waals surface area contributed by atoms with Crippen molar-refractivity contribution in [1.29, 1.82) is 0 Å². The molecule has 0 saturated heterocycles. The number of benzene rings is 1. The van der Waals surface area contributed by atoms with Gasteiger partial charge in [0.05, 0.1) is 5.69 Å². The molecule has 39 heavy (non-hydrogen) atoms. The maximum absolute atomic E-state index is 13.8. The first-order valence-electron chi connectivity index (χ1n) is 8.67. The highest BCUT2D eigenvalue weighted by Gasteiger charge is 2.95. The van der Waals surface area contributed by atoms with Gasteiger partial charge >= 0.3 is 53.6 Å². The highest BCUT2D eigenvalue weighted by molar-refractivity contribution is 6.34. The summed E-state index contributed by atoms with van der Waals surface area (Å²) in [5, 5.41) is -1.06. The van der Waals surface area contributed by atoms with Gasteiger partial charge in [0.25, 0.3) is 0 Å². The van der Waals surface area contributed by atoms with E-state index in [2.05, 4.69) is 4.74 Å². The zero-order valence-electron chi connectivity index (χ0n) is 17.3. The first-order valence-corrected chi connectivity index (χ1v) is 9.05. The summed E-state index contributed by atoms with van der Waals surface area (Å²) in [7, 11) is 0. The maximum Gasteiger partial charge on any atom is 0.460 e. The Bertz CT molecular complexity index is 1130. The zero-order valence-corrected chi connectivity index (χ0v) is 18.0. The number of halogens is 20. The van der Waals surface area contributed by atoms with Crippen molar-refractivity contribution in [3.8, 4) is 5.75 Å². The van der Waals surface area contributed by atoms with E-state index in [-0.39, 0.29) is 6.07 Å². The van der Waals surface area contributed by atoms with E-state index in [0.29, 0.717) is 0 Å². The van der Waals surface area contributed by atoms with Crippen LogP contribution in [0.4, 0.5) is 94.8 Å². The van der Waals surface area contributed by atoms with Crippen LogP contribution in [0.5, 0.6) is 5.75 Å². The Kier molecular flexibility index (Phi) is 8.33. The van der Waals surface area contributed by atoms with Gasteiger partial charge in [0, 0.05) is 11.8 Å². The predicted octanol–water partition coefficient (Wildman–Crippen LogP) is 8.00. The minimum atomic E-state index is -8.96. The molecule has 0 saturated carbocycles. The van der Waals surface area contributed by atoms with Gasteiger partial charge in [-0.1, -0.05) is 11.6 Å². The van der Waals surface area contributed by atoms with Crippen LogP contribution in [0.1, 0.15) is 0 Å². The highest BCUT2D eigenvalue weighted by Crippen LogP contribution is 2.64. The van der Waals surface area contributed by atoms with Crippen LogP contribution in [0, 0.1) is 0 Å². The molecule has 0 fully saturated rings. The SMILES string of the molecule is Nc1cc(N)c(Cl)c(OC(F)=C(F)C(F)(F)C(F)(F)C(F)(F)C(F)(F)C(F)(F)C(F)(F)C(F)(F)C(F)(F)F)c1. The molecule has 0 aliphatic carbocycles. The van der Waals surface area contributed by atoms with E-state index >= 15 is 0 Å². The second-order valence-electron chi connectivity index (χ2n) is 7.13. The molecule has 0 atom stereocenters. The fourth-order valence-corrected chi connectivity index (χ4v) is 2.43. The smallest absolute Gasteiger partial charge is 0.428 e. The van der Waals surface area contributed by atoms with E-state index in [4.69, 9.17) is 23.1 Å². The summed E-state index contributed by atoms with van der Waals surface area (Å²) in [5.41, 5.74) is 8.92. The lowest BCUT2D eigenvalue weighted by Crippen LogP contribution is -2.74. The van der Waals surface area contributed by atoms with E-state index in [1.807, 2.05) is 0 Å². The van der Waals surface area contributed by atoms with Crippen molar-refractivity contribution in [3.63, 3.8) is 0 Å². The number of nitrogens with two attached hydrogens (primary N) is 2. The van der Waals surface area contributed by atoms with Crippen LogP contribution in [0.3, 0.4) is 0 Å². The molecule has 0 spiro atoms. The van der Waals surface area contributed by atoms with E-state index in [0.717, 1.165) is 6.07 Å². The van der Waals surface area contributed by atoms with Crippen molar-refractivity contribution in [2.24, 2.45) is 0 Å². The lowest BCUT2D eigenvalue weighted by molar-refractivity contribution is -0.460. The minimum absolute atomic E-state index is 0.286. The molecule has 0 aromatic heterocycles. The summed E-state index contributed by atoms with van der Waals surface area (Å²) < 4.78 is 255. The Balaban J connectivity index is 3.72. The lowest BCUT2D eigenvalue weighted by Gasteiger charge is -2.42. The fourth-order valence-electron chi connectivity index (χ4n) is 2.28. The molecule has 3 nitrogen and oxygen atoms in total. The van der Waals surface area contributed by atoms with Crippen molar-refractivity contribution in [1.82, 2.24) is 0 Å². The first kappa shape index (κ1) is 34.3. The summed E-state index contributed by atoms with van der Waals surface area (Å²) in [6.07, 6.45) is -7.93. The van der Waals surface area contributed by atoms with Gasteiger partial charge in [0.15, 0.2) is 5.75 Å². The van der Waals surface area contributed by atoms with Crippen LogP contribution >= 0.6 is 11.6 Å². The summed E-state index contributed by atoms with van der Waals surface area (Å²) in [4.78, 5) is 0. The van der Waals surface area contributed by atoms with E-state index in [9.17, 15) is 83.4 Å². The molecule has 0 aliphatic heterocycles. The number of hydrogen-bond acceptors (Lipinski definition) is 3. The maximum atomic E-state index is 13.8. The number of anilines is 2. The van der Waals surface area contributed by atoms with Crippen LogP contribution < -0.4 is 16.2 Å². The molecule has 0 heterocycles. The van der Waals surface area contributed by atoms with E-state index in [1.54, 1.807) is 0 Å². The molecule has 0 aliphatic rings. The number of alkyl halides is 17. The average Bonchev–Trinajstić information content (AvgIpc) is 2.74. The molecule has 0 radical (unpaired) electrons. The normalized spacial score (nSPS) is 15.8. The van der Waals surface area contributed by atoms with Gasteiger partial charge in [0.1, 0.15) is 5.02 Å². The average molecular weight is 639 g/mol.